The van der Waals surface area contributed by atoms with E-state index in [1.165, 1.54) is 11.1 Å². The normalized spacial score (nSPS) is 28.2. The van der Waals surface area contributed by atoms with Crippen molar-refractivity contribution >= 4 is 5.91 Å². The van der Waals surface area contributed by atoms with Crippen molar-refractivity contribution in [3.8, 4) is 0 Å². The molecule has 1 aromatic carbocycles. The van der Waals surface area contributed by atoms with Crippen LogP contribution < -0.4 is 5.32 Å². The Balaban J connectivity index is 1.51. The van der Waals surface area contributed by atoms with Gasteiger partial charge in [-0.1, -0.05) is 30.7 Å². The summed E-state index contributed by atoms with van der Waals surface area (Å²) in [5.41, 5.74) is 2.43. The number of aliphatic hydroxyl groups is 1. The summed E-state index contributed by atoms with van der Waals surface area (Å²) in [4.78, 5) is 14.5. The third-order valence-corrected chi connectivity index (χ3v) is 5.65. The standard InChI is InChI=1S/C19H28N2O2/c1-15-6-2-3-7-16(15)12-20-18(23)13-21-11-5-10-19(14-21)9-4-8-17(19)22/h2-3,6-7,17,22H,4-5,8-14H2,1H3,(H,20,23)/t17-,19-/m1/s1. The molecule has 1 spiro atoms. The number of hydrogen-bond donors (Lipinski definition) is 2. The maximum atomic E-state index is 12.3. The number of aryl methyl sites for hydroxylation is 1. The van der Waals surface area contributed by atoms with Crippen molar-refractivity contribution in [2.24, 2.45) is 5.41 Å². The fourth-order valence-electron chi connectivity index (χ4n) is 4.25. The molecule has 1 aliphatic heterocycles. The van der Waals surface area contributed by atoms with Gasteiger partial charge in [-0.3, -0.25) is 9.69 Å². The zero-order chi connectivity index (χ0) is 16.3. The van der Waals surface area contributed by atoms with E-state index in [9.17, 15) is 9.90 Å². The van der Waals surface area contributed by atoms with Gasteiger partial charge in [0.1, 0.15) is 0 Å². The van der Waals surface area contributed by atoms with Crippen LogP contribution in [0, 0.1) is 12.3 Å². The molecule has 2 aliphatic rings. The smallest absolute Gasteiger partial charge is 0.234 e. The van der Waals surface area contributed by atoms with Gasteiger partial charge in [-0.2, -0.15) is 0 Å². The van der Waals surface area contributed by atoms with E-state index in [1.807, 2.05) is 12.1 Å². The molecule has 0 unspecified atom stereocenters. The molecular formula is C19H28N2O2. The Bertz CT molecular complexity index is 560. The van der Waals surface area contributed by atoms with E-state index in [1.54, 1.807) is 0 Å². The fourth-order valence-corrected chi connectivity index (χ4v) is 4.25. The maximum absolute atomic E-state index is 12.3. The molecule has 1 aromatic rings. The van der Waals surface area contributed by atoms with Crippen LogP contribution in [0.1, 0.15) is 43.2 Å². The lowest BCUT2D eigenvalue weighted by molar-refractivity contribution is -0.123. The largest absolute Gasteiger partial charge is 0.393 e. The molecule has 23 heavy (non-hydrogen) atoms. The zero-order valence-corrected chi connectivity index (χ0v) is 14.1. The minimum Gasteiger partial charge on any atom is -0.393 e. The number of carbonyl (C=O) groups is 1. The van der Waals surface area contributed by atoms with Crippen molar-refractivity contribution in [1.82, 2.24) is 10.2 Å². The highest BCUT2D eigenvalue weighted by Gasteiger charge is 2.44. The van der Waals surface area contributed by atoms with Crippen LogP contribution in [0.25, 0.3) is 0 Å². The van der Waals surface area contributed by atoms with Crippen molar-refractivity contribution in [2.45, 2.75) is 51.7 Å². The molecule has 1 saturated heterocycles. The molecule has 1 heterocycles. The van der Waals surface area contributed by atoms with Crippen molar-refractivity contribution in [1.29, 1.82) is 0 Å². The van der Waals surface area contributed by atoms with E-state index >= 15 is 0 Å². The summed E-state index contributed by atoms with van der Waals surface area (Å²) < 4.78 is 0. The molecule has 3 rings (SSSR count). The predicted octanol–water partition coefficient (Wildman–Crippen LogP) is 2.24. The zero-order valence-electron chi connectivity index (χ0n) is 14.1. The maximum Gasteiger partial charge on any atom is 0.234 e. The molecular weight excluding hydrogens is 288 g/mol. The lowest BCUT2D eigenvalue weighted by atomic mass is 9.77. The average Bonchev–Trinajstić information content (AvgIpc) is 2.87. The number of hydrogen-bond acceptors (Lipinski definition) is 3. The summed E-state index contributed by atoms with van der Waals surface area (Å²) in [7, 11) is 0. The van der Waals surface area contributed by atoms with E-state index in [0.29, 0.717) is 13.1 Å². The van der Waals surface area contributed by atoms with Gasteiger partial charge in [0.2, 0.25) is 5.91 Å². The van der Waals surface area contributed by atoms with Crippen LogP contribution in [-0.4, -0.2) is 41.7 Å². The second kappa shape index (κ2) is 7.02. The van der Waals surface area contributed by atoms with Crippen LogP contribution in [0.5, 0.6) is 0 Å². The highest BCUT2D eigenvalue weighted by Crippen LogP contribution is 2.44. The van der Waals surface area contributed by atoms with Gasteiger partial charge in [0.15, 0.2) is 0 Å². The number of aliphatic hydroxyl groups excluding tert-OH is 1. The van der Waals surface area contributed by atoms with Crippen molar-refractivity contribution in [2.75, 3.05) is 19.6 Å². The van der Waals surface area contributed by atoms with E-state index in [-0.39, 0.29) is 17.4 Å². The molecule has 0 radical (unpaired) electrons. The molecule has 2 fully saturated rings. The van der Waals surface area contributed by atoms with Crippen molar-refractivity contribution in [3.63, 3.8) is 0 Å². The number of likely N-dealkylation sites (tertiary alicyclic amines) is 1. The Kier molecular flexibility index (Phi) is 5.02. The summed E-state index contributed by atoms with van der Waals surface area (Å²) in [6, 6.07) is 8.14. The first-order valence-electron chi connectivity index (χ1n) is 8.81. The average molecular weight is 316 g/mol. The Labute approximate surface area is 138 Å². The fraction of sp³-hybridized carbons (Fsp3) is 0.632. The number of rotatable bonds is 4. The van der Waals surface area contributed by atoms with Crippen LogP contribution in [0.2, 0.25) is 0 Å². The molecule has 4 nitrogen and oxygen atoms in total. The molecule has 1 amide bonds. The van der Waals surface area contributed by atoms with Crippen LogP contribution in [0.4, 0.5) is 0 Å². The number of piperidine rings is 1. The number of amides is 1. The summed E-state index contributed by atoms with van der Waals surface area (Å²) in [5.74, 6) is 0.0813. The molecule has 1 saturated carbocycles. The third kappa shape index (κ3) is 3.75. The molecule has 2 N–H and O–H groups in total. The highest BCUT2D eigenvalue weighted by molar-refractivity contribution is 5.78. The predicted molar refractivity (Wildman–Crippen MR) is 91.0 cm³/mol. The van der Waals surface area contributed by atoms with Gasteiger partial charge in [-0.15, -0.1) is 0 Å². The van der Waals surface area contributed by atoms with Gasteiger partial charge >= 0.3 is 0 Å². The molecule has 1 aliphatic carbocycles. The molecule has 0 aromatic heterocycles. The number of nitrogens with one attached hydrogen (secondary N) is 1. The van der Waals surface area contributed by atoms with E-state index < -0.39 is 0 Å². The molecule has 4 heteroatoms. The van der Waals surface area contributed by atoms with Gasteiger partial charge in [0, 0.05) is 18.5 Å². The van der Waals surface area contributed by atoms with E-state index in [0.717, 1.165) is 45.2 Å². The minimum absolute atomic E-state index is 0.0501. The van der Waals surface area contributed by atoms with Gasteiger partial charge in [0.05, 0.1) is 12.6 Å². The molecule has 2 atom stereocenters. The van der Waals surface area contributed by atoms with E-state index in [4.69, 9.17) is 0 Å². The van der Waals surface area contributed by atoms with Crippen LogP contribution in [0.15, 0.2) is 24.3 Å². The van der Waals surface area contributed by atoms with Crippen LogP contribution in [-0.2, 0) is 11.3 Å². The Morgan fingerprint density at radius 3 is 2.87 bits per heavy atom. The monoisotopic (exact) mass is 316 g/mol. The number of benzene rings is 1. The van der Waals surface area contributed by atoms with Crippen molar-refractivity contribution < 1.29 is 9.90 Å². The number of carbonyl (C=O) groups excluding carboxylic acids is 1. The minimum atomic E-state index is -0.180. The third-order valence-electron chi connectivity index (χ3n) is 5.65. The summed E-state index contributed by atoms with van der Waals surface area (Å²) in [6.45, 7) is 4.93. The molecule has 0 bridgehead atoms. The van der Waals surface area contributed by atoms with Gasteiger partial charge < -0.3 is 10.4 Å². The van der Waals surface area contributed by atoms with Crippen LogP contribution in [0.3, 0.4) is 0 Å². The Morgan fingerprint density at radius 2 is 2.13 bits per heavy atom. The van der Waals surface area contributed by atoms with Gasteiger partial charge in [-0.05, 0) is 50.3 Å². The Morgan fingerprint density at radius 1 is 1.35 bits per heavy atom. The molecule has 126 valence electrons. The van der Waals surface area contributed by atoms with Crippen LogP contribution >= 0.6 is 0 Å². The number of nitrogens with zero attached hydrogens (tertiary/aromatic N) is 1. The summed E-state index contributed by atoms with van der Waals surface area (Å²) in [5, 5.41) is 13.3. The Hall–Kier alpha value is -1.39. The van der Waals surface area contributed by atoms with Crippen molar-refractivity contribution in [3.05, 3.63) is 35.4 Å². The second-order valence-corrected chi connectivity index (χ2v) is 7.29. The second-order valence-electron chi connectivity index (χ2n) is 7.29. The lowest BCUT2D eigenvalue weighted by Crippen LogP contribution is -2.49. The first kappa shape index (κ1) is 16.5. The van der Waals surface area contributed by atoms with E-state index in [2.05, 4.69) is 29.3 Å². The lowest BCUT2D eigenvalue weighted by Gasteiger charge is -2.42. The summed E-state index contributed by atoms with van der Waals surface area (Å²) in [6.07, 6.45) is 5.16. The summed E-state index contributed by atoms with van der Waals surface area (Å²) >= 11 is 0. The quantitative estimate of drug-likeness (QED) is 0.896. The topological polar surface area (TPSA) is 52.6 Å². The van der Waals surface area contributed by atoms with Gasteiger partial charge in [0.25, 0.3) is 0 Å². The van der Waals surface area contributed by atoms with Gasteiger partial charge in [-0.25, -0.2) is 0 Å². The first-order valence-corrected chi connectivity index (χ1v) is 8.81. The SMILES string of the molecule is Cc1ccccc1CNC(=O)CN1CCC[C@]2(CCC[C@H]2O)C1. The highest BCUT2D eigenvalue weighted by atomic mass is 16.3. The first-order chi connectivity index (χ1) is 11.1.